The molecule has 0 fully saturated rings. The Balaban J connectivity index is 1.73. The number of methoxy groups -OCH3 is 1. The molecule has 0 aliphatic carbocycles. The Bertz CT molecular complexity index is 1210. The smallest absolute Gasteiger partial charge is 0.340 e. The molecule has 3 rings (SSSR count). The molecule has 1 amide bonds. The summed E-state index contributed by atoms with van der Waals surface area (Å²) in [5.41, 5.74) is 1.70. The number of carbonyl (C=O) groups excluding carboxylic acids is 2. The zero-order chi connectivity index (χ0) is 24.5. The van der Waals surface area contributed by atoms with E-state index in [2.05, 4.69) is 21.2 Å². The van der Waals surface area contributed by atoms with Gasteiger partial charge in [0.05, 0.1) is 29.4 Å². The number of hydrogen-bond donors (Lipinski definition) is 1. The van der Waals surface area contributed by atoms with E-state index >= 15 is 0 Å². The number of rotatable bonds is 9. The van der Waals surface area contributed by atoms with E-state index in [1.165, 1.54) is 19.3 Å². The Morgan fingerprint density at radius 1 is 1.09 bits per heavy atom. The minimum absolute atomic E-state index is 0.0269. The minimum Gasteiger partial charge on any atom is -0.493 e. The Labute approximate surface area is 205 Å². The molecule has 0 spiro atoms. The maximum absolute atomic E-state index is 13.9. The predicted molar refractivity (Wildman–Crippen MR) is 131 cm³/mol. The van der Waals surface area contributed by atoms with E-state index in [4.69, 9.17) is 14.2 Å². The number of anilines is 1. The molecule has 176 valence electrons. The zero-order valence-electron chi connectivity index (χ0n) is 18.6. The molecule has 6 nitrogen and oxygen atoms in total. The molecule has 3 aromatic rings. The molecule has 0 bridgehead atoms. The van der Waals surface area contributed by atoms with Gasteiger partial charge in [0.15, 0.2) is 11.5 Å². The van der Waals surface area contributed by atoms with Crippen LogP contribution in [0.1, 0.15) is 28.4 Å². The van der Waals surface area contributed by atoms with Crippen LogP contribution in [0.3, 0.4) is 0 Å². The first-order valence-electron chi connectivity index (χ1n) is 10.4. The van der Waals surface area contributed by atoms with Gasteiger partial charge in [-0.2, -0.15) is 0 Å². The molecular formula is C26H23BrFNO5. The first-order valence-corrected chi connectivity index (χ1v) is 11.2. The topological polar surface area (TPSA) is 73.9 Å². The van der Waals surface area contributed by atoms with Crippen LogP contribution in [0.2, 0.25) is 0 Å². The van der Waals surface area contributed by atoms with E-state index in [9.17, 15) is 14.0 Å². The summed E-state index contributed by atoms with van der Waals surface area (Å²) in [7, 11) is 1.49. The number of benzene rings is 3. The molecule has 0 aromatic heterocycles. The van der Waals surface area contributed by atoms with E-state index in [0.717, 1.165) is 0 Å². The molecule has 0 atom stereocenters. The minimum atomic E-state index is -0.512. The maximum Gasteiger partial charge on any atom is 0.340 e. The average molecular weight is 528 g/mol. The Kier molecular flexibility index (Phi) is 8.81. The fourth-order valence-electron chi connectivity index (χ4n) is 3.07. The Morgan fingerprint density at radius 2 is 1.82 bits per heavy atom. The maximum atomic E-state index is 13.9. The third-order valence-corrected chi connectivity index (χ3v) is 5.28. The second kappa shape index (κ2) is 12.0. The molecule has 3 aromatic carbocycles. The molecule has 34 heavy (non-hydrogen) atoms. The van der Waals surface area contributed by atoms with Crippen LogP contribution < -0.4 is 14.8 Å². The van der Waals surface area contributed by atoms with Crippen LogP contribution in [0.25, 0.3) is 6.08 Å². The van der Waals surface area contributed by atoms with Gasteiger partial charge >= 0.3 is 5.97 Å². The highest BCUT2D eigenvalue weighted by Gasteiger charge is 2.14. The molecule has 1 N–H and O–H groups in total. The van der Waals surface area contributed by atoms with Crippen molar-refractivity contribution in [1.29, 1.82) is 0 Å². The zero-order valence-corrected chi connectivity index (χ0v) is 20.2. The summed E-state index contributed by atoms with van der Waals surface area (Å²) in [5, 5.41) is 2.69. The van der Waals surface area contributed by atoms with Gasteiger partial charge in [-0.1, -0.05) is 30.3 Å². The SMILES string of the molecule is CCOC(=O)c1ccccc1NC(=O)/C=C/c1cc(Br)c(OCc2ccccc2F)c(OC)c1. The van der Waals surface area contributed by atoms with Crippen molar-refractivity contribution in [3.63, 3.8) is 0 Å². The van der Waals surface area contributed by atoms with Crippen LogP contribution in [-0.4, -0.2) is 25.6 Å². The van der Waals surface area contributed by atoms with E-state index < -0.39 is 11.9 Å². The number of halogens is 2. The van der Waals surface area contributed by atoms with Crippen LogP contribution in [0.4, 0.5) is 10.1 Å². The van der Waals surface area contributed by atoms with Crippen molar-refractivity contribution in [3.8, 4) is 11.5 Å². The molecule has 0 aliphatic heterocycles. The molecule has 0 saturated carbocycles. The fourth-order valence-corrected chi connectivity index (χ4v) is 3.64. The summed E-state index contributed by atoms with van der Waals surface area (Å²) in [6.45, 7) is 1.97. The summed E-state index contributed by atoms with van der Waals surface area (Å²) in [5.74, 6) is -0.462. The van der Waals surface area contributed by atoms with Crippen molar-refractivity contribution in [2.75, 3.05) is 19.0 Å². The lowest BCUT2D eigenvalue weighted by molar-refractivity contribution is -0.111. The molecule has 0 unspecified atom stereocenters. The average Bonchev–Trinajstić information content (AvgIpc) is 2.83. The Hall–Kier alpha value is -3.65. The van der Waals surface area contributed by atoms with Gasteiger partial charge in [0, 0.05) is 11.6 Å². The van der Waals surface area contributed by atoms with Crippen LogP contribution in [0.15, 0.2) is 71.2 Å². The summed E-state index contributed by atoms with van der Waals surface area (Å²) < 4.78 is 30.7. The highest BCUT2D eigenvalue weighted by molar-refractivity contribution is 9.10. The second-order valence-corrected chi connectivity index (χ2v) is 7.86. The van der Waals surface area contributed by atoms with Crippen molar-refractivity contribution in [3.05, 3.63) is 93.7 Å². The van der Waals surface area contributed by atoms with Gasteiger partial charge in [-0.15, -0.1) is 0 Å². The number of hydrogen-bond acceptors (Lipinski definition) is 5. The molecule has 0 aliphatic rings. The normalized spacial score (nSPS) is 10.7. The Morgan fingerprint density at radius 3 is 2.56 bits per heavy atom. The third kappa shape index (κ3) is 6.45. The van der Waals surface area contributed by atoms with Gasteiger partial charge < -0.3 is 19.5 Å². The van der Waals surface area contributed by atoms with Crippen LogP contribution in [0.5, 0.6) is 11.5 Å². The molecule has 8 heteroatoms. The van der Waals surface area contributed by atoms with Gasteiger partial charge in [0.25, 0.3) is 0 Å². The third-order valence-electron chi connectivity index (χ3n) is 4.69. The van der Waals surface area contributed by atoms with Crippen molar-refractivity contribution < 1.29 is 28.2 Å². The lowest BCUT2D eigenvalue weighted by Gasteiger charge is -2.14. The van der Waals surface area contributed by atoms with E-state index in [1.54, 1.807) is 67.6 Å². The highest BCUT2D eigenvalue weighted by atomic mass is 79.9. The predicted octanol–water partition coefficient (Wildman–Crippen LogP) is 6.00. The number of carbonyl (C=O) groups is 2. The quantitative estimate of drug-likeness (QED) is 0.272. The number of amides is 1. The lowest BCUT2D eigenvalue weighted by Crippen LogP contribution is -2.13. The van der Waals surface area contributed by atoms with Gasteiger partial charge in [-0.25, -0.2) is 9.18 Å². The highest BCUT2D eigenvalue weighted by Crippen LogP contribution is 2.37. The van der Waals surface area contributed by atoms with Crippen LogP contribution >= 0.6 is 15.9 Å². The fraction of sp³-hybridized carbons (Fsp3) is 0.154. The summed E-state index contributed by atoms with van der Waals surface area (Å²) in [4.78, 5) is 24.5. The van der Waals surface area contributed by atoms with Gasteiger partial charge in [-0.05, 0) is 64.8 Å². The van der Waals surface area contributed by atoms with E-state index in [-0.39, 0.29) is 24.6 Å². The van der Waals surface area contributed by atoms with E-state index in [1.807, 2.05) is 0 Å². The number of para-hydroxylation sites is 1. The summed E-state index contributed by atoms with van der Waals surface area (Å²) in [6, 6.07) is 16.4. The molecular weight excluding hydrogens is 505 g/mol. The van der Waals surface area contributed by atoms with Crippen molar-refractivity contribution >= 4 is 39.6 Å². The monoisotopic (exact) mass is 527 g/mol. The second-order valence-electron chi connectivity index (χ2n) is 7.00. The summed E-state index contributed by atoms with van der Waals surface area (Å²) >= 11 is 3.45. The van der Waals surface area contributed by atoms with Crippen LogP contribution in [0, 0.1) is 5.82 Å². The lowest BCUT2D eigenvalue weighted by atomic mass is 10.1. The van der Waals surface area contributed by atoms with E-state index in [0.29, 0.717) is 32.8 Å². The largest absolute Gasteiger partial charge is 0.493 e. The number of ether oxygens (including phenoxy) is 3. The van der Waals surface area contributed by atoms with Crippen LogP contribution in [-0.2, 0) is 16.1 Å². The molecule has 0 radical (unpaired) electrons. The van der Waals surface area contributed by atoms with Gasteiger partial charge in [0.2, 0.25) is 5.91 Å². The number of nitrogens with one attached hydrogen (secondary N) is 1. The van der Waals surface area contributed by atoms with Crippen molar-refractivity contribution in [2.45, 2.75) is 13.5 Å². The molecule has 0 saturated heterocycles. The van der Waals surface area contributed by atoms with Crippen molar-refractivity contribution in [1.82, 2.24) is 0 Å². The van der Waals surface area contributed by atoms with Gasteiger partial charge in [-0.3, -0.25) is 4.79 Å². The first kappa shape index (κ1) is 25.0. The first-order chi connectivity index (χ1) is 16.4. The number of esters is 1. The van der Waals surface area contributed by atoms with Gasteiger partial charge in [0.1, 0.15) is 12.4 Å². The molecule has 0 heterocycles. The standard InChI is InChI=1S/C26H23BrFNO5/c1-3-33-26(31)19-9-5-7-11-22(19)29-24(30)13-12-17-14-20(27)25(23(15-17)32-2)34-16-18-8-4-6-10-21(18)28/h4-15H,3,16H2,1-2H3,(H,29,30)/b13-12+. The van der Waals surface area contributed by atoms with Crippen molar-refractivity contribution in [2.24, 2.45) is 0 Å². The summed E-state index contributed by atoms with van der Waals surface area (Å²) in [6.07, 6.45) is 2.93.